The van der Waals surface area contributed by atoms with Crippen LogP contribution in [0.2, 0.25) is 0 Å². The van der Waals surface area contributed by atoms with Crippen LogP contribution in [0.5, 0.6) is 0 Å². The van der Waals surface area contributed by atoms with E-state index in [0.29, 0.717) is 11.7 Å². The molecule has 0 bridgehead atoms. The number of hydrogen-bond donors (Lipinski definition) is 2. The van der Waals surface area contributed by atoms with Crippen molar-refractivity contribution in [2.75, 3.05) is 13.7 Å². The third-order valence-corrected chi connectivity index (χ3v) is 2.38. The Hall–Kier alpha value is -1.96. The summed E-state index contributed by atoms with van der Waals surface area (Å²) in [4.78, 5) is 26.5. The largest absolute Gasteiger partial charge is 0.480 e. The van der Waals surface area contributed by atoms with E-state index in [9.17, 15) is 9.59 Å². The number of nitrogens with zero attached hydrogens (tertiary/aromatic N) is 2. The molecule has 8 heteroatoms. The number of hydrogen-bond acceptors (Lipinski definition) is 6. The van der Waals surface area contributed by atoms with Crippen LogP contribution >= 0.6 is 0 Å². The molecule has 0 saturated heterocycles. The molecule has 1 unspecified atom stereocenters. The molecule has 0 aromatic carbocycles. The second-order valence-electron chi connectivity index (χ2n) is 3.98. The average Bonchev–Trinajstić information content (AvgIpc) is 2.77. The smallest absolute Gasteiger partial charge is 0.326 e. The van der Waals surface area contributed by atoms with Crippen molar-refractivity contribution in [3.8, 4) is 0 Å². The maximum atomic E-state index is 11.6. The Kier molecular flexibility index (Phi) is 5.94. The summed E-state index contributed by atoms with van der Waals surface area (Å²) in [6.07, 6.45) is 0.596. The van der Waals surface area contributed by atoms with Crippen molar-refractivity contribution < 1.29 is 24.0 Å². The van der Waals surface area contributed by atoms with Gasteiger partial charge in [-0.3, -0.25) is 4.79 Å². The van der Waals surface area contributed by atoms with Crippen molar-refractivity contribution in [3.63, 3.8) is 0 Å². The van der Waals surface area contributed by atoms with E-state index in [0.717, 1.165) is 0 Å². The van der Waals surface area contributed by atoms with Crippen molar-refractivity contribution in [2.24, 2.45) is 0 Å². The Morgan fingerprint density at radius 3 is 2.79 bits per heavy atom. The highest BCUT2D eigenvalue weighted by Gasteiger charge is 2.19. The van der Waals surface area contributed by atoms with E-state index in [2.05, 4.69) is 15.5 Å². The van der Waals surface area contributed by atoms with E-state index in [1.54, 1.807) is 6.92 Å². The summed E-state index contributed by atoms with van der Waals surface area (Å²) in [5.74, 6) is -0.603. The third kappa shape index (κ3) is 5.47. The van der Waals surface area contributed by atoms with Crippen LogP contribution in [0.3, 0.4) is 0 Å². The molecule has 106 valence electrons. The number of carbonyl (C=O) groups excluding carboxylic acids is 1. The number of aromatic nitrogens is 2. The second-order valence-corrected chi connectivity index (χ2v) is 3.98. The zero-order chi connectivity index (χ0) is 14.3. The standard InChI is InChI=1S/C11H17N3O5/c1-7-12-10(19-14-7)4-3-9(15)13-8(11(16)17)5-6-18-2/h8H,3-6H2,1-2H3,(H,13,15)(H,16,17). The highest BCUT2D eigenvalue weighted by atomic mass is 16.5. The number of nitrogens with one attached hydrogen (secondary N) is 1. The zero-order valence-electron chi connectivity index (χ0n) is 10.9. The Morgan fingerprint density at radius 2 is 2.26 bits per heavy atom. The lowest BCUT2D eigenvalue weighted by atomic mass is 10.2. The molecule has 0 aliphatic rings. The second kappa shape index (κ2) is 7.47. The van der Waals surface area contributed by atoms with Crippen molar-refractivity contribution in [2.45, 2.75) is 32.2 Å². The first-order chi connectivity index (χ1) is 9.02. The molecule has 0 aliphatic carbocycles. The molecular weight excluding hydrogens is 254 g/mol. The number of carboxylic acid groups (broad SMARTS) is 1. The molecule has 1 amide bonds. The van der Waals surface area contributed by atoms with Gasteiger partial charge in [-0.05, 0) is 6.92 Å². The summed E-state index contributed by atoms with van der Waals surface area (Å²) in [5.41, 5.74) is 0. The number of carboxylic acids is 1. The number of carbonyl (C=O) groups is 2. The van der Waals surface area contributed by atoms with Crippen LogP contribution in [0.4, 0.5) is 0 Å². The Balaban J connectivity index is 2.37. The van der Waals surface area contributed by atoms with E-state index in [1.165, 1.54) is 7.11 Å². The quantitative estimate of drug-likeness (QED) is 0.679. The summed E-state index contributed by atoms with van der Waals surface area (Å²) in [6.45, 7) is 1.94. The van der Waals surface area contributed by atoms with Crippen molar-refractivity contribution in [3.05, 3.63) is 11.7 Å². The summed E-state index contributed by atoms with van der Waals surface area (Å²) < 4.78 is 9.64. The number of methoxy groups -OCH3 is 1. The van der Waals surface area contributed by atoms with E-state index >= 15 is 0 Å². The molecule has 0 spiro atoms. The molecule has 1 aromatic rings. The molecule has 0 aliphatic heterocycles. The molecule has 0 radical (unpaired) electrons. The van der Waals surface area contributed by atoms with Gasteiger partial charge in [0.25, 0.3) is 0 Å². The van der Waals surface area contributed by atoms with Crippen molar-refractivity contribution in [1.29, 1.82) is 0 Å². The molecule has 0 saturated carbocycles. The lowest BCUT2D eigenvalue weighted by Gasteiger charge is -2.13. The van der Waals surface area contributed by atoms with Gasteiger partial charge in [-0.15, -0.1) is 0 Å². The predicted molar refractivity (Wildman–Crippen MR) is 63.4 cm³/mol. The minimum absolute atomic E-state index is 0.0956. The molecule has 2 N–H and O–H groups in total. The van der Waals surface area contributed by atoms with E-state index in [4.69, 9.17) is 14.4 Å². The molecule has 8 nitrogen and oxygen atoms in total. The lowest BCUT2D eigenvalue weighted by molar-refractivity contribution is -0.142. The molecular formula is C11H17N3O5. The van der Waals surface area contributed by atoms with E-state index < -0.39 is 12.0 Å². The maximum absolute atomic E-state index is 11.6. The fraction of sp³-hybridized carbons (Fsp3) is 0.636. The Morgan fingerprint density at radius 1 is 1.53 bits per heavy atom. The van der Waals surface area contributed by atoms with Gasteiger partial charge in [0.05, 0.1) is 0 Å². The molecule has 1 heterocycles. The number of amides is 1. The maximum Gasteiger partial charge on any atom is 0.326 e. The fourth-order valence-electron chi connectivity index (χ4n) is 1.42. The van der Waals surface area contributed by atoms with Gasteiger partial charge in [-0.1, -0.05) is 5.16 Å². The molecule has 0 fully saturated rings. The summed E-state index contributed by atoms with van der Waals surface area (Å²) >= 11 is 0. The Labute approximate surface area is 110 Å². The molecule has 19 heavy (non-hydrogen) atoms. The van der Waals surface area contributed by atoms with Gasteiger partial charge in [-0.25, -0.2) is 4.79 Å². The highest BCUT2D eigenvalue weighted by molar-refractivity contribution is 5.83. The number of ether oxygens (including phenoxy) is 1. The summed E-state index contributed by atoms with van der Waals surface area (Å²) in [7, 11) is 1.47. The summed E-state index contributed by atoms with van der Waals surface area (Å²) in [5, 5.41) is 14.9. The number of rotatable bonds is 8. The van der Waals surface area contributed by atoms with Crippen molar-refractivity contribution >= 4 is 11.9 Å². The van der Waals surface area contributed by atoms with Crippen LogP contribution in [0, 0.1) is 6.92 Å². The highest BCUT2D eigenvalue weighted by Crippen LogP contribution is 2.01. The number of aryl methyl sites for hydroxylation is 2. The first-order valence-corrected chi connectivity index (χ1v) is 5.83. The SMILES string of the molecule is COCCC(NC(=O)CCc1nc(C)no1)C(=O)O. The molecule has 1 rings (SSSR count). The van der Waals surface area contributed by atoms with Crippen LogP contribution in [0.15, 0.2) is 4.52 Å². The number of aliphatic carboxylic acids is 1. The average molecular weight is 271 g/mol. The topological polar surface area (TPSA) is 115 Å². The monoisotopic (exact) mass is 271 g/mol. The first-order valence-electron chi connectivity index (χ1n) is 5.83. The van der Waals surface area contributed by atoms with Gasteiger partial charge in [0.15, 0.2) is 5.82 Å². The predicted octanol–water partition coefficient (Wildman–Crippen LogP) is -0.0835. The van der Waals surface area contributed by atoms with Crippen LogP contribution in [0.25, 0.3) is 0 Å². The third-order valence-electron chi connectivity index (χ3n) is 2.38. The van der Waals surface area contributed by atoms with Gasteiger partial charge < -0.3 is 19.7 Å². The minimum Gasteiger partial charge on any atom is -0.480 e. The van der Waals surface area contributed by atoms with Crippen LogP contribution in [0.1, 0.15) is 24.6 Å². The van der Waals surface area contributed by atoms with E-state index in [1.807, 2.05) is 0 Å². The lowest BCUT2D eigenvalue weighted by Crippen LogP contribution is -2.41. The summed E-state index contributed by atoms with van der Waals surface area (Å²) in [6, 6.07) is -0.947. The van der Waals surface area contributed by atoms with E-state index in [-0.39, 0.29) is 31.8 Å². The molecule has 1 aromatic heterocycles. The normalized spacial score (nSPS) is 12.1. The van der Waals surface area contributed by atoms with Gasteiger partial charge >= 0.3 is 5.97 Å². The van der Waals surface area contributed by atoms with Crippen LogP contribution in [-0.2, 0) is 20.7 Å². The Bertz CT molecular complexity index is 432. The van der Waals surface area contributed by atoms with Crippen LogP contribution in [-0.4, -0.2) is 46.9 Å². The molecule has 1 atom stereocenters. The van der Waals surface area contributed by atoms with Gasteiger partial charge in [0.2, 0.25) is 11.8 Å². The zero-order valence-corrected chi connectivity index (χ0v) is 10.9. The van der Waals surface area contributed by atoms with Gasteiger partial charge in [-0.2, -0.15) is 4.98 Å². The minimum atomic E-state index is -1.08. The fourth-order valence-corrected chi connectivity index (χ4v) is 1.42. The first kappa shape index (κ1) is 15.1. The van der Waals surface area contributed by atoms with Gasteiger partial charge in [0, 0.05) is 33.0 Å². The van der Waals surface area contributed by atoms with Crippen LogP contribution < -0.4 is 5.32 Å². The van der Waals surface area contributed by atoms with Crippen molar-refractivity contribution in [1.82, 2.24) is 15.5 Å². The van der Waals surface area contributed by atoms with Gasteiger partial charge in [0.1, 0.15) is 6.04 Å².